The van der Waals surface area contributed by atoms with E-state index in [0.29, 0.717) is 12.0 Å². The summed E-state index contributed by atoms with van der Waals surface area (Å²) < 4.78 is 1.93. The lowest BCUT2D eigenvalue weighted by Gasteiger charge is -2.27. The second-order valence-corrected chi connectivity index (χ2v) is 8.86. The zero-order valence-electron chi connectivity index (χ0n) is 20.0. The monoisotopic (exact) mass is 444 g/mol. The number of carbonyl (C=O) groups excluding carboxylic acids is 1. The Morgan fingerprint density at radius 2 is 2.15 bits per heavy atom. The number of benzene rings is 1. The quantitative estimate of drug-likeness (QED) is 0.494. The first-order chi connectivity index (χ1) is 15.9. The van der Waals surface area contributed by atoms with Gasteiger partial charge in [0, 0.05) is 36.2 Å². The second-order valence-electron chi connectivity index (χ2n) is 8.86. The van der Waals surface area contributed by atoms with Crippen LogP contribution in [0.3, 0.4) is 0 Å². The van der Waals surface area contributed by atoms with Crippen molar-refractivity contribution in [3.05, 3.63) is 65.1 Å². The van der Waals surface area contributed by atoms with E-state index in [9.17, 15) is 4.79 Å². The summed E-state index contributed by atoms with van der Waals surface area (Å²) >= 11 is 0. The Balaban J connectivity index is 1.58. The number of fused-ring (bicyclic) bond motifs is 1. The molecule has 1 aromatic carbocycles. The molecule has 2 N–H and O–H groups in total. The number of hydrogen-bond acceptors (Lipinski definition) is 6. The average molecular weight is 445 g/mol. The maximum Gasteiger partial charge on any atom is 0.227 e. The molecule has 7 nitrogen and oxygen atoms in total. The molecule has 4 rings (SSSR count). The molecule has 0 radical (unpaired) electrons. The smallest absolute Gasteiger partial charge is 0.227 e. The number of aryl methyl sites for hydroxylation is 1. The predicted molar refractivity (Wildman–Crippen MR) is 132 cm³/mol. The summed E-state index contributed by atoms with van der Waals surface area (Å²) in [6.45, 7) is 10.9. The van der Waals surface area contributed by atoms with Crippen LogP contribution < -0.4 is 10.6 Å². The minimum Gasteiger partial charge on any atom is -0.324 e. The number of aromatic nitrogens is 4. The summed E-state index contributed by atoms with van der Waals surface area (Å²) in [4.78, 5) is 22.1. The van der Waals surface area contributed by atoms with Crippen LogP contribution in [-0.4, -0.2) is 32.1 Å². The van der Waals surface area contributed by atoms with Gasteiger partial charge in [0.25, 0.3) is 0 Å². The van der Waals surface area contributed by atoms with Gasteiger partial charge in [-0.05, 0) is 74.9 Å². The normalized spacial score (nSPS) is 16.1. The third-order valence-electron chi connectivity index (χ3n) is 5.99. The fourth-order valence-electron chi connectivity index (χ4n) is 4.18. The molecule has 0 aliphatic carbocycles. The Hall–Kier alpha value is -3.32. The van der Waals surface area contributed by atoms with Crippen LogP contribution >= 0.6 is 0 Å². The highest BCUT2D eigenvalue weighted by molar-refractivity contribution is 6.00. The van der Waals surface area contributed by atoms with Crippen molar-refractivity contribution in [3.63, 3.8) is 0 Å². The average Bonchev–Trinajstić information content (AvgIpc) is 3.30. The van der Waals surface area contributed by atoms with Crippen molar-refractivity contribution >= 4 is 17.4 Å². The summed E-state index contributed by atoms with van der Waals surface area (Å²) in [5, 5.41) is 11.2. The number of carbonyl (C=O) groups is 1. The maximum atomic E-state index is 12.9. The maximum absolute atomic E-state index is 12.9. The number of anilines is 2. The highest BCUT2D eigenvalue weighted by Crippen LogP contribution is 2.30. The minimum absolute atomic E-state index is 0.145. The molecule has 3 aromatic rings. The fraction of sp³-hybridized carbons (Fsp3) is 0.385. The molecule has 0 amide bonds. The van der Waals surface area contributed by atoms with Crippen molar-refractivity contribution in [1.82, 2.24) is 25.1 Å². The van der Waals surface area contributed by atoms with Crippen molar-refractivity contribution in [3.8, 4) is 11.3 Å². The Labute approximate surface area is 195 Å². The van der Waals surface area contributed by atoms with Gasteiger partial charge in [0.15, 0.2) is 5.78 Å². The molecule has 7 heteroatoms. The SMILES string of the molecule is CCC=C(C)C(=O)C1NCCc2cc(Nc3ncc(C)c(-c4cnn(C(C)C)c4)n3)ccc21. The first-order valence-corrected chi connectivity index (χ1v) is 11.6. The Morgan fingerprint density at radius 1 is 1.33 bits per heavy atom. The Bertz CT molecular complexity index is 1190. The molecule has 2 aromatic heterocycles. The van der Waals surface area contributed by atoms with E-state index in [-0.39, 0.29) is 11.8 Å². The van der Waals surface area contributed by atoms with Crippen molar-refractivity contribution < 1.29 is 4.79 Å². The summed E-state index contributed by atoms with van der Waals surface area (Å²) in [6, 6.07) is 6.14. The summed E-state index contributed by atoms with van der Waals surface area (Å²) in [7, 11) is 0. The predicted octanol–water partition coefficient (Wildman–Crippen LogP) is 5.09. The van der Waals surface area contributed by atoms with E-state index in [1.807, 2.05) is 62.3 Å². The molecule has 1 atom stereocenters. The zero-order valence-corrected chi connectivity index (χ0v) is 20.0. The van der Waals surface area contributed by atoms with E-state index in [1.165, 1.54) is 5.56 Å². The fourth-order valence-corrected chi connectivity index (χ4v) is 4.18. The van der Waals surface area contributed by atoms with Crippen LogP contribution in [0.25, 0.3) is 11.3 Å². The Kier molecular flexibility index (Phi) is 6.70. The van der Waals surface area contributed by atoms with Gasteiger partial charge in [-0.2, -0.15) is 5.10 Å². The van der Waals surface area contributed by atoms with Crippen LogP contribution in [0, 0.1) is 6.92 Å². The number of ketones is 1. The molecular weight excluding hydrogens is 412 g/mol. The molecule has 0 saturated carbocycles. The first kappa shape index (κ1) is 22.9. The van der Waals surface area contributed by atoms with Gasteiger partial charge in [0.05, 0.1) is 17.9 Å². The zero-order chi connectivity index (χ0) is 23.5. The van der Waals surface area contributed by atoms with Crippen LogP contribution in [0.5, 0.6) is 0 Å². The highest BCUT2D eigenvalue weighted by Gasteiger charge is 2.27. The van der Waals surface area contributed by atoms with Crippen LogP contribution in [-0.2, 0) is 11.2 Å². The minimum atomic E-state index is -0.287. The number of hydrogen-bond donors (Lipinski definition) is 2. The largest absolute Gasteiger partial charge is 0.324 e. The number of nitrogens with one attached hydrogen (secondary N) is 2. The lowest BCUT2D eigenvalue weighted by molar-refractivity contribution is -0.117. The summed E-state index contributed by atoms with van der Waals surface area (Å²) in [5.41, 5.74) is 6.78. The van der Waals surface area contributed by atoms with Crippen LogP contribution in [0.2, 0.25) is 0 Å². The molecule has 172 valence electrons. The summed E-state index contributed by atoms with van der Waals surface area (Å²) in [6.07, 6.45) is 9.41. The van der Waals surface area contributed by atoms with Crippen molar-refractivity contribution in [1.29, 1.82) is 0 Å². The van der Waals surface area contributed by atoms with Crippen molar-refractivity contribution in [2.24, 2.45) is 0 Å². The van der Waals surface area contributed by atoms with E-state index in [2.05, 4.69) is 40.6 Å². The van der Waals surface area contributed by atoms with Gasteiger partial charge in [-0.1, -0.05) is 19.1 Å². The lowest BCUT2D eigenvalue weighted by Crippen LogP contribution is -2.35. The van der Waals surface area contributed by atoms with E-state index in [4.69, 9.17) is 4.98 Å². The van der Waals surface area contributed by atoms with Gasteiger partial charge in [0.1, 0.15) is 0 Å². The van der Waals surface area contributed by atoms with Gasteiger partial charge in [-0.25, -0.2) is 9.97 Å². The van der Waals surface area contributed by atoms with E-state index in [1.54, 1.807) is 0 Å². The number of rotatable bonds is 7. The van der Waals surface area contributed by atoms with E-state index in [0.717, 1.165) is 53.0 Å². The van der Waals surface area contributed by atoms with Crippen LogP contribution in [0.4, 0.5) is 11.6 Å². The van der Waals surface area contributed by atoms with Gasteiger partial charge < -0.3 is 10.6 Å². The van der Waals surface area contributed by atoms with Gasteiger partial charge in [-0.15, -0.1) is 0 Å². The molecule has 3 heterocycles. The van der Waals surface area contributed by atoms with E-state index < -0.39 is 0 Å². The van der Waals surface area contributed by atoms with Crippen LogP contribution in [0.1, 0.15) is 62.9 Å². The third-order valence-corrected chi connectivity index (χ3v) is 5.99. The molecule has 1 aliphatic heterocycles. The van der Waals surface area contributed by atoms with Crippen LogP contribution in [0.15, 0.2) is 48.4 Å². The molecule has 0 saturated heterocycles. The highest BCUT2D eigenvalue weighted by atomic mass is 16.1. The van der Waals surface area contributed by atoms with Crippen molar-refractivity contribution in [2.75, 3.05) is 11.9 Å². The molecule has 33 heavy (non-hydrogen) atoms. The third kappa shape index (κ3) is 4.88. The van der Waals surface area contributed by atoms with E-state index >= 15 is 0 Å². The molecule has 0 bridgehead atoms. The van der Waals surface area contributed by atoms with Gasteiger partial charge >= 0.3 is 0 Å². The number of nitrogens with zero attached hydrogens (tertiary/aromatic N) is 4. The molecule has 1 unspecified atom stereocenters. The molecule has 0 spiro atoms. The molecule has 0 fully saturated rings. The topological polar surface area (TPSA) is 84.7 Å². The second kappa shape index (κ2) is 9.67. The number of Topliss-reactive ketones (excluding diaryl/α,β-unsaturated/α-hetero) is 1. The first-order valence-electron chi connectivity index (χ1n) is 11.6. The molecule has 1 aliphatic rings. The van der Waals surface area contributed by atoms with Gasteiger partial charge in [0.2, 0.25) is 5.95 Å². The Morgan fingerprint density at radius 3 is 2.88 bits per heavy atom. The van der Waals surface area contributed by atoms with Gasteiger partial charge in [-0.3, -0.25) is 9.48 Å². The summed E-state index contributed by atoms with van der Waals surface area (Å²) in [5.74, 6) is 0.683. The number of allylic oxidation sites excluding steroid dienone is 1. The standard InChI is InChI=1S/C26H32N6O/c1-6-7-17(4)25(33)24-22-9-8-21(12-19(22)10-11-27-24)30-26-28-13-18(5)23(31-26)20-14-29-32(15-20)16(2)3/h7-9,12-16,24,27H,6,10-11H2,1-5H3,(H,28,30,31). The molecular formula is C26H32N6O. The van der Waals surface area contributed by atoms with Crippen molar-refractivity contribution in [2.45, 2.75) is 59.5 Å². The lowest BCUT2D eigenvalue weighted by atomic mass is 9.89.